The van der Waals surface area contributed by atoms with Gasteiger partial charge in [-0.1, -0.05) is 18.7 Å². The fourth-order valence-corrected chi connectivity index (χ4v) is 5.77. The smallest absolute Gasteiger partial charge is 0.780 e. The summed E-state index contributed by atoms with van der Waals surface area (Å²) in [4.78, 5) is 55.0. The number of H-pyrrole nitrogens is 1. The van der Waals surface area contributed by atoms with Gasteiger partial charge in [-0.2, -0.15) is 4.98 Å². The first-order valence-electron chi connectivity index (χ1n) is 11.5. The van der Waals surface area contributed by atoms with Gasteiger partial charge in [0.05, 0.1) is 24.9 Å². The Balaban J connectivity index is 0.00000380. The van der Waals surface area contributed by atoms with E-state index in [0.717, 1.165) is 0 Å². The van der Waals surface area contributed by atoms with E-state index in [9.17, 15) is 19.3 Å². The molecule has 1 unspecified atom stereocenters. The Hall–Kier alpha value is -1.19. The Morgan fingerprint density at radius 3 is 2.51 bits per heavy atom. The van der Waals surface area contributed by atoms with Crippen LogP contribution in [-0.4, -0.2) is 44.0 Å². The zero-order valence-electron chi connectivity index (χ0n) is 21.3. The van der Waals surface area contributed by atoms with Crippen LogP contribution in [0.3, 0.4) is 0 Å². The van der Waals surface area contributed by atoms with Gasteiger partial charge in [0.15, 0.2) is 0 Å². The Labute approximate surface area is 239 Å². The molecule has 2 aliphatic heterocycles. The second-order valence-corrected chi connectivity index (χ2v) is 11.9. The van der Waals surface area contributed by atoms with Crippen molar-refractivity contribution in [2.75, 3.05) is 12.3 Å². The number of ether oxygens (including phenoxy) is 2. The number of hydrogen-bond donors (Lipinski definition) is 2. The zero-order chi connectivity index (χ0) is 26.4. The van der Waals surface area contributed by atoms with Crippen molar-refractivity contribution in [3.8, 4) is 0 Å². The third-order valence-electron chi connectivity index (χ3n) is 6.47. The first-order chi connectivity index (χ1) is 16.8. The van der Waals surface area contributed by atoms with Crippen LogP contribution in [0.2, 0.25) is 0 Å². The number of anilines is 1. The monoisotopic (exact) mass is 565 g/mol. The number of aryl methyl sites for hydroxylation is 2. The van der Waals surface area contributed by atoms with Gasteiger partial charge in [-0.05, 0) is 33.1 Å². The van der Waals surface area contributed by atoms with Crippen molar-refractivity contribution in [3.05, 3.63) is 54.8 Å². The van der Waals surface area contributed by atoms with Crippen molar-refractivity contribution in [3.63, 3.8) is 0 Å². The maximum atomic E-state index is 12.9. The first-order valence-corrected chi connectivity index (χ1v) is 14.0. The summed E-state index contributed by atoms with van der Waals surface area (Å²) in [6.45, 7) is 2.91. The van der Waals surface area contributed by atoms with Gasteiger partial charge in [0.1, 0.15) is 25.0 Å². The Morgan fingerprint density at radius 1 is 1.16 bits per heavy atom. The van der Waals surface area contributed by atoms with E-state index < -0.39 is 54.4 Å². The van der Waals surface area contributed by atoms with Crippen molar-refractivity contribution in [2.24, 2.45) is 5.92 Å². The second-order valence-electron chi connectivity index (χ2n) is 9.24. The van der Waals surface area contributed by atoms with Crippen LogP contribution in [0.25, 0.3) is 0 Å². The maximum absolute atomic E-state index is 12.9. The number of nitrogens with one attached hydrogen (secondary N) is 1. The third-order valence-corrected chi connectivity index (χ3v) is 8.04. The van der Waals surface area contributed by atoms with Crippen molar-refractivity contribution >= 4 is 24.3 Å². The molecule has 4 heterocycles. The molecule has 2 saturated heterocycles. The van der Waals surface area contributed by atoms with Gasteiger partial charge in [-0.3, -0.25) is 18.9 Å². The summed E-state index contributed by atoms with van der Waals surface area (Å²) in [7, 11) is 0. The molecular weight excluding hydrogens is 536 g/mol. The molecule has 0 amide bonds. The molecular formula is C21H29N5NaO8PS. The number of aromatic amines is 1. The molecule has 3 N–H and O–H groups in total. The van der Waals surface area contributed by atoms with Crippen molar-refractivity contribution in [1.29, 1.82) is 0 Å². The van der Waals surface area contributed by atoms with E-state index in [-0.39, 0.29) is 54.3 Å². The van der Waals surface area contributed by atoms with Crippen molar-refractivity contribution < 1.29 is 53.0 Å². The maximum Gasteiger partial charge on any atom is 1.00 e. The summed E-state index contributed by atoms with van der Waals surface area (Å²) >= 11 is 5.11. The van der Waals surface area contributed by atoms with Gasteiger partial charge < -0.3 is 29.1 Å². The van der Waals surface area contributed by atoms with Crippen LogP contribution >= 0.6 is 6.72 Å². The second kappa shape index (κ2) is 11.9. The minimum atomic E-state index is -3.94. The van der Waals surface area contributed by atoms with Gasteiger partial charge in [0.25, 0.3) is 5.56 Å². The van der Waals surface area contributed by atoms with Crippen LogP contribution in [0.15, 0.2) is 26.8 Å². The van der Waals surface area contributed by atoms with E-state index in [2.05, 4.69) is 9.97 Å². The summed E-state index contributed by atoms with van der Waals surface area (Å²) in [5, 5.41) is 0. The van der Waals surface area contributed by atoms with Gasteiger partial charge in [-0.25, -0.2) is 9.59 Å². The average molecular weight is 566 g/mol. The molecule has 198 valence electrons. The zero-order valence-corrected chi connectivity index (χ0v) is 25.0. The van der Waals surface area contributed by atoms with E-state index in [1.807, 2.05) is 6.92 Å². The molecule has 0 aliphatic carbocycles. The number of aromatic nitrogens is 4. The van der Waals surface area contributed by atoms with Gasteiger partial charge in [0.2, 0.25) is 0 Å². The largest absolute Gasteiger partial charge is 1.00 e. The summed E-state index contributed by atoms with van der Waals surface area (Å²) in [5.74, 6) is 0.141. The minimum Gasteiger partial charge on any atom is -0.780 e. The normalized spacial score (nSPS) is 29.1. The topological polar surface area (TPSA) is 176 Å². The average Bonchev–Trinajstić information content (AvgIpc) is 3.33. The van der Waals surface area contributed by atoms with Gasteiger partial charge in [0, 0.05) is 29.9 Å². The molecule has 4 rings (SSSR count). The number of hydrogen-bond acceptors (Lipinski definition) is 11. The minimum absolute atomic E-state index is 0. The summed E-state index contributed by atoms with van der Waals surface area (Å²) in [6, 6.07) is 0. The van der Waals surface area contributed by atoms with Crippen molar-refractivity contribution in [2.45, 2.75) is 71.3 Å². The molecule has 0 aromatic carbocycles. The number of nitrogens with two attached hydrogens (primary N) is 1. The predicted molar refractivity (Wildman–Crippen MR) is 131 cm³/mol. The molecule has 7 atom stereocenters. The molecule has 13 nitrogen and oxygen atoms in total. The Morgan fingerprint density at radius 2 is 1.81 bits per heavy atom. The molecule has 0 radical (unpaired) electrons. The van der Waals surface area contributed by atoms with Crippen LogP contribution in [-0.2, 0) is 30.3 Å². The Bertz CT molecular complexity index is 1370. The molecule has 16 heteroatoms. The van der Waals surface area contributed by atoms with E-state index in [1.165, 1.54) is 15.3 Å². The van der Waals surface area contributed by atoms with E-state index in [1.54, 1.807) is 27.0 Å². The van der Waals surface area contributed by atoms with Crippen LogP contribution in [0, 0.1) is 19.8 Å². The third kappa shape index (κ3) is 6.88. The molecule has 2 fully saturated rings. The Kier molecular flexibility index (Phi) is 9.77. The fraction of sp³-hybridized carbons (Fsp3) is 0.619. The SMILES string of the molecule is Cc1cn([C@H]2C[C@H](C)[C@@H](COP([O-])(=S)O[C@H]3C[C@H](n4cc(C)c(=O)[nH]c4=O)O[C@@H]3C)O2)c(=O)nc1N.[Na+]. The molecule has 37 heavy (non-hydrogen) atoms. The van der Waals surface area contributed by atoms with E-state index >= 15 is 0 Å². The van der Waals surface area contributed by atoms with Crippen LogP contribution in [0.5, 0.6) is 0 Å². The summed E-state index contributed by atoms with van der Waals surface area (Å²) in [6.07, 6.45) is 0.697. The number of nitrogen functional groups attached to an aromatic ring is 1. The summed E-state index contributed by atoms with van der Waals surface area (Å²) in [5.41, 5.74) is 5.09. The van der Waals surface area contributed by atoms with Crippen LogP contribution in [0.1, 0.15) is 50.3 Å². The standard InChI is InChI=1S/C21H30N5O8PS.Na/c1-10-5-16(25-7-11(2)18(22)23-20(25)28)33-15(10)9-31-35(30,36)34-14-6-17(32-13(14)4)26-8-12(3)19(27)24-21(26)29;/h7-8,10,13-17H,5-6,9H2,1-4H3,(H,30,36)(H2,22,23,28)(H,24,27,29);/q;+1/p-1/t10-,13+,14-,15+,16+,17+,35?;/m0./s1. The molecule has 2 aromatic heterocycles. The molecule has 0 saturated carbocycles. The molecule has 2 aromatic rings. The summed E-state index contributed by atoms with van der Waals surface area (Å²) < 4.78 is 25.5. The van der Waals surface area contributed by atoms with Crippen molar-refractivity contribution in [1.82, 2.24) is 19.1 Å². The molecule has 0 bridgehead atoms. The fourth-order valence-electron chi connectivity index (χ4n) is 4.28. The quantitative estimate of drug-likeness (QED) is 0.262. The van der Waals surface area contributed by atoms with E-state index in [0.29, 0.717) is 17.5 Å². The van der Waals surface area contributed by atoms with Gasteiger partial charge >= 0.3 is 40.9 Å². The molecule has 2 aliphatic rings. The van der Waals surface area contributed by atoms with Crippen LogP contribution in [0.4, 0.5) is 5.82 Å². The predicted octanol–water partition coefficient (Wildman–Crippen LogP) is -2.79. The van der Waals surface area contributed by atoms with Crippen LogP contribution < -0.4 is 57.1 Å². The first kappa shape index (κ1) is 30.4. The number of rotatable bonds is 7. The van der Waals surface area contributed by atoms with Gasteiger partial charge in [-0.15, -0.1) is 0 Å². The number of nitrogens with zero attached hydrogens (tertiary/aromatic N) is 3. The molecule has 0 spiro atoms. The van der Waals surface area contributed by atoms with E-state index in [4.69, 9.17) is 36.1 Å².